The predicted octanol–water partition coefficient (Wildman–Crippen LogP) is -1.92. The van der Waals surface area contributed by atoms with Crippen molar-refractivity contribution in [2.75, 3.05) is 18.1 Å². The number of rotatable bonds is 2. The molecule has 3 aromatic rings. The molecular weight excluding hydrogens is 306 g/mol. The minimum atomic E-state index is -1.28. The van der Waals surface area contributed by atoms with E-state index in [9.17, 15) is 15.3 Å². The van der Waals surface area contributed by atoms with E-state index in [2.05, 4.69) is 20.2 Å². The number of aliphatic hydroxyl groups is 3. The Kier molecular flexibility index (Phi) is 2.93. The van der Waals surface area contributed by atoms with E-state index in [4.69, 9.17) is 16.2 Å². The predicted molar refractivity (Wildman–Crippen MR) is 79.0 cm³/mol. The van der Waals surface area contributed by atoms with Crippen molar-refractivity contribution in [2.24, 2.45) is 0 Å². The second-order valence-corrected chi connectivity index (χ2v) is 5.39. The Balaban J connectivity index is 2.01. The number of aromatic nitrogens is 5. The molecule has 0 bridgehead atoms. The summed E-state index contributed by atoms with van der Waals surface area (Å²) in [5.74, 6) is 0.482. The summed E-state index contributed by atoms with van der Waals surface area (Å²) in [5, 5.41) is 37.2. The average molecular weight is 321 g/mol. The highest BCUT2D eigenvalue weighted by Crippen LogP contribution is 2.39. The summed E-state index contributed by atoms with van der Waals surface area (Å²) in [7, 11) is 0. The lowest BCUT2D eigenvalue weighted by Gasteiger charge is -2.17. The zero-order valence-corrected chi connectivity index (χ0v) is 11.8. The smallest absolute Gasteiger partial charge is 0.168 e. The van der Waals surface area contributed by atoms with E-state index in [1.807, 2.05) is 0 Å². The molecule has 4 rings (SSSR count). The molecule has 1 aliphatic rings. The lowest BCUT2D eigenvalue weighted by atomic mass is 10.1. The minimum absolute atomic E-state index is 0.207. The van der Waals surface area contributed by atoms with E-state index in [-0.39, 0.29) is 11.6 Å². The van der Waals surface area contributed by atoms with Crippen molar-refractivity contribution in [1.29, 1.82) is 0 Å². The number of nitrogens with two attached hydrogens (primary N) is 2. The van der Waals surface area contributed by atoms with Crippen molar-refractivity contribution in [3.05, 3.63) is 6.33 Å². The first-order chi connectivity index (χ1) is 11.0. The SMILES string of the molecule is Nc1ncnc2c1c1c(N)[nH]nc1n2C1OC(CO)C(O)C1O. The van der Waals surface area contributed by atoms with Crippen LogP contribution in [0.25, 0.3) is 22.1 Å². The summed E-state index contributed by atoms with van der Waals surface area (Å²) in [6, 6.07) is 0. The van der Waals surface area contributed by atoms with Crippen LogP contribution in [0.1, 0.15) is 6.23 Å². The Morgan fingerprint density at radius 1 is 1.17 bits per heavy atom. The summed E-state index contributed by atoms with van der Waals surface area (Å²) < 4.78 is 7.05. The maximum absolute atomic E-state index is 10.3. The molecule has 8 N–H and O–H groups in total. The lowest BCUT2D eigenvalue weighted by Crippen LogP contribution is -2.33. The number of H-pyrrole nitrogens is 1. The lowest BCUT2D eigenvalue weighted by molar-refractivity contribution is -0.0492. The van der Waals surface area contributed by atoms with Crippen LogP contribution < -0.4 is 11.5 Å². The molecule has 11 heteroatoms. The molecule has 1 saturated heterocycles. The highest BCUT2D eigenvalue weighted by molar-refractivity contribution is 6.14. The van der Waals surface area contributed by atoms with Crippen molar-refractivity contribution in [1.82, 2.24) is 24.7 Å². The van der Waals surface area contributed by atoms with Crippen LogP contribution in [0, 0.1) is 0 Å². The monoisotopic (exact) mass is 321 g/mol. The van der Waals surface area contributed by atoms with Crippen LogP contribution in [0.2, 0.25) is 0 Å². The van der Waals surface area contributed by atoms with E-state index in [1.165, 1.54) is 10.9 Å². The molecule has 0 saturated carbocycles. The number of ether oxygens (including phenoxy) is 1. The van der Waals surface area contributed by atoms with Crippen LogP contribution in [0.4, 0.5) is 11.6 Å². The first kappa shape index (κ1) is 14.1. The molecule has 1 aliphatic heterocycles. The molecule has 4 heterocycles. The summed E-state index contributed by atoms with van der Waals surface area (Å²) in [6.45, 7) is -0.434. The molecule has 0 amide bonds. The fourth-order valence-electron chi connectivity index (χ4n) is 3.01. The molecule has 4 unspecified atom stereocenters. The molecule has 3 aromatic heterocycles. The molecular formula is C12H15N7O4. The fourth-order valence-corrected chi connectivity index (χ4v) is 3.01. The Hall–Kier alpha value is -2.47. The third-order valence-corrected chi connectivity index (χ3v) is 4.11. The van der Waals surface area contributed by atoms with Gasteiger partial charge in [0.1, 0.15) is 41.9 Å². The minimum Gasteiger partial charge on any atom is -0.394 e. The number of anilines is 2. The summed E-state index contributed by atoms with van der Waals surface area (Å²) in [4.78, 5) is 8.12. The Morgan fingerprint density at radius 2 is 1.96 bits per heavy atom. The average Bonchev–Trinajstić information content (AvgIpc) is 3.15. The second-order valence-electron chi connectivity index (χ2n) is 5.39. The highest BCUT2D eigenvalue weighted by atomic mass is 16.6. The molecule has 23 heavy (non-hydrogen) atoms. The van der Waals surface area contributed by atoms with Gasteiger partial charge in [-0.2, -0.15) is 5.10 Å². The maximum atomic E-state index is 10.3. The van der Waals surface area contributed by atoms with Crippen LogP contribution >= 0.6 is 0 Å². The van der Waals surface area contributed by atoms with Gasteiger partial charge in [-0.3, -0.25) is 9.67 Å². The van der Waals surface area contributed by atoms with Crippen LogP contribution in [-0.4, -0.2) is 65.0 Å². The van der Waals surface area contributed by atoms with Crippen molar-refractivity contribution in [2.45, 2.75) is 24.5 Å². The Morgan fingerprint density at radius 3 is 2.65 bits per heavy atom. The van der Waals surface area contributed by atoms with Gasteiger partial charge in [-0.25, -0.2) is 9.97 Å². The molecule has 0 radical (unpaired) electrons. The van der Waals surface area contributed by atoms with E-state index in [0.29, 0.717) is 22.1 Å². The normalized spacial score (nSPS) is 28.1. The molecule has 122 valence electrons. The number of nitrogens with zero attached hydrogens (tertiary/aromatic N) is 4. The number of nitrogens with one attached hydrogen (secondary N) is 1. The van der Waals surface area contributed by atoms with Gasteiger partial charge >= 0.3 is 0 Å². The van der Waals surface area contributed by atoms with Crippen molar-refractivity contribution in [3.63, 3.8) is 0 Å². The standard InChI is InChI=1S/C12H15N7O4/c13-8-4-5-9(14)17-18-11(5)19(10(4)16-2-15-8)12-7(22)6(21)3(1-20)23-12/h2-3,6-7,12,20-22H,1H2,(H2,13,15,16)(H3,14,17,18). The van der Waals surface area contributed by atoms with E-state index in [0.717, 1.165) is 0 Å². The van der Waals surface area contributed by atoms with Crippen LogP contribution in [0.15, 0.2) is 6.33 Å². The van der Waals surface area contributed by atoms with Gasteiger partial charge in [0.05, 0.1) is 17.4 Å². The van der Waals surface area contributed by atoms with E-state index >= 15 is 0 Å². The van der Waals surface area contributed by atoms with Crippen molar-refractivity contribution in [3.8, 4) is 0 Å². The largest absolute Gasteiger partial charge is 0.394 e. The number of fused-ring (bicyclic) bond motifs is 3. The van der Waals surface area contributed by atoms with Gasteiger partial charge in [-0.05, 0) is 0 Å². The summed E-state index contributed by atoms with van der Waals surface area (Å²) in [6.07, 6.45) is -3.17. The number of aromatic amines is 1. The molecule has 0 spiro atoms. The number of aliphatic hydroxyl groups excluding tert-OH is 3. The molecule has 1 fully saturated rings. The number of nitrogen functional groups attached to an aromatic ring is 2. The fraction of sp³-hybridized carbons (Fsp3) is 0.417. The number of hydrogen-bond acceptors (Lipinski definition) is 9. The third kappa shape index (κ3) is 1.75. The molecule has 0 aliphatic carbocycles. The van der Waals surface area contributed by atoms with Crippen LogP contribution in [0.3, 0.4) is 0 Å². The first-order valence-electron chi connectivity index (χ1n) is 6.91. The van der Waals surface area contributed by atoms with Gasteiger partial charge < -0.3 is 31.5 Å². The van der Waals surface area contributed by atoms with Gasteiger partial charge in [0, 0.05) is 0 Å². The molecule has 11 nitrogen and oxygen atoms in total. The highest BCUT2D eigenvalue weighted by Gasteiger charge is 2.45. The topological polar surface area (TPSA) is 181 Å². The number of hydrogen-bond donors (Lipinski definition) is 6. The van der Waals surface area contributed by atoms with Crippen LogP contribution in [0.5, 0.6) is 0 Å². The van der Waals surface area contributed by atoms with Gasteiger partial charge in [-0.15, -0.1) is 0 Å². The maximum Gasteiger partial charge on any atom is 0.168 e. The van der Waals surface area contributed by atoms with Gasteiger partial charge in [0.2, 0.25) is 0 Å². The summed E-state index contributed by atoms with van der Waals surface area (Å²) >= 11 is 0. The summed E-state index contributed by atoms with van der Waals surface area (Å²) in [5.41, 5.74) is 12.6. The molecule has 0 aromatic carbocycles. The van der Waals surface area contributed by atoms with Gasteiger partial charge in [-0.1, -0.05) is 0 Å². The van der Waals surface area contributed by atoms with E-state index < -0.39 is 31.1 Å². The zero-order valence-electron chi connectivity index (χ0n) is 11.8. The van der Waals surface area contributed by atoms with Crippen molar-refractivity contribution < 1.29 is 20.1 Å². The Labute approximate surface area is 128 Å². The van der Waals surface area contributed by atoms with Gasteiger partial charge in [0.15, 0.2) is 11.9 Å². The Bertz CT molecular complexity index is 890. The van der Waals surface area contributed by atoms with Crippen LogP contribution in [-0.2, 0) is 4.74 Å². The molecule has 4 atom stereocenters. The zero-order chi connectivity index (χ0) is 16.3. The third-order valence-electron chi connectivity index (χ3n) is 4.11. The van der Waals surface area contributed by atoms with E-state index in [1.54, 1.807) is 0 Å². The van der Waals surface area contributed by atoms with Gasteiger partial charge in [0.25, 0.3) is 0 Å². The first-order valence-corrected chi connectivity index (χ1v) is 6.91. The quantitative estimate of drug-likeness (QED) is 0.313. The van der Waals surface area contributed by atoms with Crippen molar-refractivity contribution >= 4 is 33.7 Å². The second kappa shape index (κ2) is 4.76.